The van der Waals surface area contributed by atoms with E-state index < -0.39 is 0 Å². The van der Waals surface area contributed by atoms with Crippen LogP contribution in [0.25, 0.3) is 0 Å². The van der Waals surface area contributed by atoms with E-state index >= 15 is 0 Å². The van der Waals surface area contributed by atoms with Gasteiger partial charge in [0.2, 0.25) is 5.91 Å². The standard InChI is InChI=1S/C16H21N5O2/c1-19-14(3-8-17-19)16(23)13-4-10-20(11-5-13)15(22)6-12-21-9-2-7-18-21/h2-3,7-9,13H,4-6,10-12H2,1H3. The Labute approximate surface area is 134 Å². The number of carbonyl (C=O) groups excluding carboxylic acids is 2. The Bertz CT molecular complexity index is 668. The van der Waals surface area contributed by atoms with Crippen LogP contribution in [0, 0.1) is 5.92 Å². The molecule has 1 aliphatic rings. The molecule has 0 spiro atoms. The van der Waals surface area contributed by atoms with Crippen molar-refractivity contribution < 1.29 is 9.59 Å². The zero-order valence-corrected chi connectivity index (χ0v) is 13.3. The normalized spacial score (nSPS) is 15.8. The number of aromatic nitrogens is 4. The minimum Gasteiger partial charge on any atom is -0.343 e. The zero-order valence-electron chi connectivity index (χ0n) is 13.3. The van der Waals surface area contributed by atoms with Gasteiger partial charge in [0.25, 0.3) is 0 Å². The zero-order chi connectivity index (χ0) is 16.2. The van der Waals surface area contributed by atoms with Gasteiger partial charge in [0, 0.05) is 57.6 Å². The highest BCUT2D eigenvalue weighted by atomic mass is 16.2. The number of rotatable bonds is 5. The van der Waals surface area contributed by atoms with Crippen LogP contribution in [0.5, 0.6) is 0 Å². The third kappa shape index (κ3) is 3.49. The quantitative estimate of drug-likeness (QED) is 0.775. The van der Waals surface area contributed by atoms with Crippen molar-refractivity contribution in [3.63, 3.8) is 0 Å². The summed E-state index contributed by atoms with van der Waals surface area (Å²) >= 11 is 0. The molecule has 3 heterocycles. The Kier molecular flexibility index (Phi) is 4.55. The molecule has 1 aliphatic heterocycles. The third-order valence-corrected chi connectivity index (χ3v) is 4.41. The highest BCUT2D eigenvalue weighted by molar-refractivity contribution is 5.96. The molecule has 122 valence electrons. The van der Waals surface area contributed by atoms with E-state index in [0.29, 0.717) is 31.7 Å². The number of carbonyl (C=O) groups is 2. The van der Waals surface area contributed by atoms with Crippen LogP contribution < -0.4 is 0 Å². The van der Waals surface area contributed by atoms with Gasteiger partial charge >= 0.3 is 0 Å². The highest BCUT2D eigenvalue weighted by Gasteiger charge is 2.28. The van der Waals surface area contributed by atoms with Crippen molar-refractivity contribution in [2.24, 2.45) is 13.0 Å². The molecule has 0 unspecified atom stereocenters. The number of Topliss-reactive ketones (excluding diaryl/α,β-unsaturated/α-hetero) is 1. The smallest absolute Gasteiger partial charge is 0.224 e. The van der Waals surface area contributed by atoms with Crippen molar-refractivity contribution in [2.75, 3.05) is 13.1 Å². The number of piperidine rings is 1. The first-order valence-corrected chi connectivity index (χ1v) is 7.92. The summed E-state index contributed by atoms with van der Waals surface area (Å²) in [5, 5.41) is 8.15. The minimum absolute atomic E-state index is 0.0134. The number of nitrogens with zero attached hydrogens (tertiary/aromatic N) is 5. The summed E-state index contributed by atoms with van der Waals surface area (Å²) in [7, 11) is 1.78. The average Bonchev–Trinajstić information content (AvgIpc) is 3.23. The fourth-order valence-electron chi connectivity index (χ4n) is 3.02. The first kappa shape index (κ1) is 15.5. The predicted octanol–water partition coefficient (Wildman–Crippen LogP) is 1.13. The lowest BCUT2D eigenvalue weighted by molar-refractivity contribution is -0.132. The van der Waals surface area contributed by atoms with Crippen LogP contribution in [0.3, 0.4) is 0 Å². The predicted molar refractivity (Wildman–Crippen MR) is 83.7 cm³/mol. The van der Waals surface area contributed by atoms with Crippen LogP contribution >= 0.6 is 0 Å². The first-order chi connectivity index (χ1) is 11.1. The number of ketones is 1. The van der Waals surface area contributed by atoms with Crippen molar-refractivity contribution >= 4 is 11.7 Å². The summed E-state index contributed by atoms with van der Waals surface area (Å²) in [5.41, 5.74) is 0.647. The van der Waals surface area contributed by atoms with Gasteiger partial charge in [-0.25, -0.2) is 0 Å². The van der Waals surface area contributed by atoms with Gasteiger partial charge in [-0.3, -0.25) is 19.0 Å². The molecular formula is C16H21N5O2. The van der Waals surface area contributed by atoms with E-state index in [0.717, 1.165) is 12.8 Å². The maximum Gasteiger partial charge on any atom is 0.224 e. The second-order valence-corrected chi connectivity index (χ2v) is 5.88. The molecular weight excluding hydrogens is 294 g/mol. The molecule has 0 saturated carbocycles. The molecule has 0 bridgehead atoms. The van der Waals surface area contributed by atoms with E-state index in [1.54, 1.807) is 34.9 Å². The van der Waals surface area contributed by atoms with Gasteiger partial charge in [-0.05, 0) is 25.0 Å². The maximum atomic E-state index is 12.5. The molecule has 0 aliphatic carbocycles. The number of amides is 1. The Morgan fingerprint density at radius 2 is 2.00 bits per heavy atom. The van der Waals surface area contributed by atoms with Crippen molar-refractivity contribution in [1.82, 2.24) is 24.5 Å². The summed E-state index contributed by atoms with van der Waals surface area (Å²) in [6, 6.07) is 3.60. The van der Waals surface area contributed by atoms with Crippen molar-refractivity contribution in [2.45, 2.75) is 25.8 Å². The summed E-state index contributed by atoms with van der Waals surface area (Å²) in [6.07, 6.45) is 7.09. The van der Waals surface area contributed by atoms with Crippen LogP contribution in [0.4, 0.5) is 0 Å². The van der Waals surface area contributed by atoms with E-state index in [1.165, 1.54) is 0 Å². The molecule has 0 radical (unpaired) electrons. The van der Waals surface area contributed by atoms with Gasteiger partial charge in [0.1, 0.15) is 5.69 Å². The average molecular weight is 315 g/mol. The SMILES string of the molecule is Cn1nccc1C(=O)C1CCN(C(=O)CCn2cccn2)CC1. The van der Waals surface area contributed by atoms with E-state index in [9.17, 15) is 9.59 Å². The largest absolute Gasteiger partial charge is 0.343 e. The minimum atomic E-state index is -0.0134. The Hall–Kier alpha value is -2.44. The molecule has 1 saturated heterocycles. The lowest BCUT2D eigenvalue weighted by Gasteiger charge is -2.31. The Morgan fingerprint density at radius 3 is 2.61 bits per heavy atom. The molecule has 1 fully saturated rings. The van der Waals surface area contributed by atoms with Gasteiger partial charge < -0.3 is 4.90 Å². The van der Waals surface area contributed by atoms with Crippen LogP contribution in [-0.4, -0.2) is 49.2 Å². The third-order valence-electron chi connectivity index (χ3n) is 4.41. The molecule has 3 rings (SSSR count). The molecule has 0 aromatic carbocycles. The highest BCUT2D eigenvalue weighted by Crippen LogP contribution is 2.22. The lowest BCUT2D eigenvalue weighted by atomic mass is 9.91. The lowest BCUT2D eigenvalue weighted by Crippen LogP contribution is -2.40. The molecule has 23 heavy (non-hydrogen) atoms. The molecule has 7 nitrogen and oxygen atoms in total. The van der Waals surface area contributed by atoms with E-state index in [1.807, 2.05) is 17.2 Å². The first-order valence-electron chi connectivity index (χ1n) is 7.92. The Balaban J connectivity index is 1.49. The van der Waals surface area contributed by atoms with Gasteiger partial charge in [-0.1, -0.05) is 0 Å². The number of hydrogen-bond acceptors (Lipinski definition) is 4. The molecule has 0 N–H and O–H groups in total. The van der Waals surface area contributed by atoms with Crippen LogP contribution in [0.15, 0.2) is 30.7 Å². The molecule has 1 amide bonds. The monoisotopic (exact) mass is 315 g/mol. The van der Waals surface area contributed by atoms with Gasteiger partial charge in [-0.2, -0.15) is 10.2 Å². The molecule has 2 aromatic heterocycles. The van der Waals surface area contributed by atoms with Gasteiger partial charge in [0.15, 0.2) is 5.78 Å². The van der Waals surface area contributed by atoms with Crippen molar-refractivity contribution in [1.29, 1.82) is 0 Å². The maximum absolute atomic E-state index is 12.5. The molecule has 7 heteroatoms. The number of likely N-dealkylation sites (tertiary alicyclic amines) is 1. The van der Waals surface area contributed by atoms with Crippen molar-refractivity contribution in [3.05, 3.63) is 36.4 Å². The van der Waals surface area contributed by atoms with Crippen LogP contribution in [0.1, 0.15) is 29.8 Å². The topological polar surface area (TPSA) is 73.0 Å². The number of aryl methyl sites for hydroxylation is 2. The Morgan fingerprint density at radius 1 is 1.22 bits per heavy atom. The summed E-state index contributed by atoms with van der Waals surface area (Å²) in [4.78, 5) is 26.6. The number of hydrogen-bond donors (Lipinski definition) is 0. The van der Waals surface area contributed by atoms with E-state index in [2.05, 4.69) is 10.2 Å². The fraction of sp³-hybridized carbons (Fsp3) is 0.500. The van der Waals surface area contributed by atoms with Gasteiger partial charge in [0.05, 0.1) is 0 Å². The second-order valence-electron chi connectivity index (χ2n) is 5.88. The fourth-order valence-corrected chi connectivity index (χ4v) is 3.02. The van der Waals surface area contributed by atoms with E-state index in [-0.39, 0.29) is 17.6 Å². The summed E-state index contributed by atoms with van der Waals surface area (Å²) in [6.45, 7) is 1.89. The van der Waals surface area contributed by atoms with Crippen LogP contribution in [0.2, 0.25) is 0 Å². The van der Waals surface area contributed by atoms with Gasteiger partial charge in [-0.15, -0.1) is 0 Å². The molecule has 0 atom stereocenters. The van der Waals surface area contributed by atoms with Crippen LogP contribution in [-0.2, 0) is 18.4 Å². The van der Waals surface area contributed by atoms with E-state index in [4.69, 9.17) is 0 Å². The van der Waals surface area contributed by atoms with Crippen molar-refractivity contribution in [3.8, 4) is 0 Å². The second kappa shape index (κ2) is 6.76. The molecule has 2 aromatic rings. The summed E-state index contributed by atoms with van der Waals surface area (Å²) < 4.78 is 3.38. The summed E-state index contributed by atoms with van der Waals surface area (Å²) in [5.74, 6) is 0.251.